The van der Waals surface area contributed by atoms with E-state index in [1.807, 2.05) is 78.9 Å². The first kappa shape index (κ1) is 16.9. The molecule has 0 aliphatic rings. The summed E-state index contributed by atoms with van der Waals surface area (Å²) in [4.78, 5) is 7.67. The lowest BCUT2D eigenvalue weighted by Crippen LogP contribution is -1.99. The third kappa shape index (κ3) is 3.61. The van der Waals surface area contributed by atoms with Gasteiger partial charge >= 0.3 is 0 Å². The van der Waals surface area contributed by atoms with Gasteiger partial charge in [-0.05, 0) is 35.9 Å². The van der Waals surface area contributed by atoms with E-state index < -0.39 is 0 Å². The van der Waals surface area contributed by atoms with Gasteiger partial charge in [0.05, 0.1) is 6.21 Å². The summed E-state index contributed by atoms with van der Waals surface area (Å²) in [5.41, 5.74) is 6.08. The lowest BCUT2D eigenvalue weighted by Gasteiger charge is -2.05. The van der Waals surface area contributed by atoms with E-state index in [0.29, 0.717) is 11.6 Å². The minimum atomic E-state index is 0.317. The number of nitrogens with one attached hydrogen (secondary N) is 2. The molecule has 0 radical (unpaired) electrons. The summed E-state index contributed by atoms with van der Waals surface area (Å²) >= 11 is 0. The predicted octanol–water partition coefficient (Wildman–Crippen LogP) is 4.74. The topological polar surface area (TPSA) is 88.1 Å². The number of hydrazone groups is 1. The minimum Gasteiger partial charge on any atom is -0.457 e. The molecule has 29 heavy (non-hydrogen) atoms. The summed E-state index contributed by atoms with van der Waals surface area (Å²) in [6.07, 6.45) is 1.68. The monoisotopic (exact) mass is 380 g/mol. The van der Waals surface area contributed by atoms with E-state index in [-0.39, 0.29) is 0 Å². The molecule has 3 aromatic carbocycles. The number of hydrogen-bond acceptors (Lipinski definition) is 6. The van der Waals surface area contributed by atoms with Crippen LogP contribution in [0.1, 0.15) is 5.56 Å². The minimum absolute atomic E-state index is 0.317. The van der Waals surface area contributed by atoms with Crippen LogP contribution in [0.2, 0.25) is 0 Å². The molecular weight excluding hydrogens is 364 g/mol. The van der Waals surface area contributed by atoms with Crippen LogP contribution < -0.4 is 10.2 Å². The molecule has 0 amide bonds. The molecular formula is C22H16N6O. The summed E-state index contributed by atoms with van der Waals surface area (Å²) in [5, 5.41) is 13.6. The molecule has 0 unspecified atom stereocenters. The number of rotatable bonds is 5. The van der Waals surface area contributed by atoms with Crippen molar-refractivity contribution in [3.63, 3.8) is 0 Å². The molecule has 0 saturated heterocycles. The van der Waals surface area contributed by atoms with Gasteiger partial charge in [-0.15, -0.1) is 10.2 Å². The zero-order valence-corrected chi connectivity index (χ0v) is 15.3. The summed E-state index contributed by atoms with van der Waals surface area (Å²) in [7, 11) is 0. The van der Waals surface area contributed by atoms with Gasteiger partial charge in [0, 0.05) is 10.9 Å². The Hall–Kier alpha value is -4.26. The number of H-pyrrole nitrogens is 1. The van der Waals surface area contributed by atoms with Crippen molar-refractivity contribution >= 4 is 34.2 Å². The Morgan fingerprint density at radius 3 is 2.62 bits per heavy atom. The fraction of sp³-hybridized carbons (Fsp3) is 0. The van der Waals surface area contributed by atoms with E-state index in [9.17, 15) is 0 Å². The van der Waals surface area contributed by atoms with E-state index in [1.165, 1.54) is 0 Å². The van der Waals surface area contributed by atoms with E-state index in [4.69, 9.17) is 4.74 Å². The normalized spacial score (nSPS) is 11.3. The molecule has 0 aliphatic heterocycles. The van der Waals surface area contributed by atoms with Crippen molar-refractivity contribution in [2.24, 2.45) is 5.10 Å². The quantitative estimate of drug-likeness (QED) is 0.339. The van der Waals surface area contributed by atoms with Crippen molar-refractivity contribution in [1.82, 2.24) is 20.2 Å². The summed E-state index contributed by atoms with van der Waals surface area (Å²) < 4.78 is 5.84. The molecule has 0 fully saturated rings. The SMILES string of the molecule is C(=N/Nc1nnc2c(n1)[nH]c1ccccc12)/c1cccc(Oc2ccccc2)c1. The number of nitrogens with zero attached hydrogens (tertiary/aromatic N) is 4. The highest BCUT2D eigenvalue weighted by Gasteiger charge is 2.07. The second-order valence-electron chi connectivity index (χ2n) is 6.36. The largest absolute Gasteiger partial charge is 0.457 e. The molecule has 7 nitrogen and oxygen atoms in total. The van der Waals surface area contributed by atoms with Crippen LogP contribution in [-0.4, -0.2) is 26.4 Å². The molecule has 2 N–H and O–H groups in total. The number of aromatic amines is 1. The van der Waals surface area contributed by atoms with Crippen LogP contribution in [0.5, 0.6) is 11.5 Å². The number of fused-ring (bicyclic) bond motifs is 3. The lowest BCUT2D eigenvalue weighted by molar-refractivity contribution is 0.482. The third-order valence-corrected chi connectivity index (χ3v) is 4.34. The molecule has 2 aromatic heterocycles. The van der Waals surface area contributed by atoms with Crippen molar-refractivity contribution in [1.29, 1.82) is 0 Å². The molecule has 0 spiro atoms. The highest BCUT2D eigenvalue weighted by Crippen LogP contribution is 2.22. The molecule has 0 atom stereocenters. The first-order chi connectivity index (χ1) is 14.3. The smallest absolute Gasteiger partial charge is 0.265 e. The van der Waals surface area contributed by atoms with Gasteiger partial charge in [-0.25, -0.2) is 5.43 Å². The lowest BCUT2D eigenvalue weighted by atomic mass is 10.2. The molecule has 140 valence electrons. The fourth-order valence-electron chi connectivity index (χ4n) is 3.02. The molecule has 0 saturated carbocycles. The second-order valence-corrected chi connectivity index (χ2v) is 6.36. The average Bonchev–Trinajstić information content (AvgIpc) is 3.13. The predicted molar refractivity (Wildman–Crippen MR) is 113 cm³/mol. The van der Waals surface area contributed by atoms with Gasteiger partial charge < -0.3 is 9.72 Å². The third-order valence-electron chi connectivity index (χ3n) is 4.34. The van der Waals surface area contributed by atoms with Gasteiger partial charge in [-0.2, -0.15) is 10.1 Å². The zero-order chi connectivity index (χ0) is 19.5. The summed E-state index contributed by atoms with van der Waals surface area (Å²) in [6, 6.07) is 25.2. The first-order valence-electron chi connectivity index (χ1n) is 9.08. The molecule has 5 aromatic rings. The van der Waals surface area contributed by atoms with Gasteiger partial charge in [0.15, 0.2) is 5.65 Å². The molecule has 0 aliphatic carbocycles. The van der Waals surface area contributed by atoms with Crippen molar-refractivity contribution < 1.29 is 4.74 Å². The van der Waals surface area contributed by atoms with Crippen LogP contribution in [0.3, 0.4) is 0 Å². The Bertz CT molecular complexity index is 1310. The number of hydrogen-bond donors (Lipinski definition) is 2. The van der Waals surface area contributed by atoms with Gasteiger partial charge in [0.1, 0.15) is 17.0 Å². The number of benzene rings is 3. The number of para-hydroxylation sites is 2. The zero-order valence-electron chi connectivity index (χ0n) is 15.3. The average molecular weight is 380 g/mol. The Morgan fingerprint density at radius 2 is 1.69 bits per heavy atom. The highest BCUT2D eigenvalue weighted by atomic mass is 16.5. The van der Waals surface area contributed by atoms with Crippen molar-refractivity contribution in [2.75, 3.05) is 5.43 Å². The van der Waals surface area contributed by atoms with Crippen LogP contribution in [-0.2, 0) is 0 Å². The molecule has 2 heterocycles. The van der Waals surface area contributed by atoms with Gasteiger partial charge in [-0.3, -0.25) is 0 Å². The van der Waals surface area contributed by atoms with Crippen LogP contribution >= 0.6 is 0 Å². The van der Waals surface area contributed by atoms with E-state index in [1.54, 1.807) is 6.21 Å². The van der Waals surface area contributed by atoms with E-state index in [2.05, 4.69) is 30.7 Å². The second kappa shape index (κ2) is 7.40. The van der Waals surface area contributed by atoms with Crippen LogP contribution in [0.15, 0.2) is 84.0 Å². The van der Waals surface area contributed by atoms with Crippen LogP contribution in [0.4, 0.5) is 5.95 Å². The van der Waals surface area contributed by atoms with Crippen LogP contribution in [0, 0.1) is 0 Å². The number of ether oxygens (including phenoxy) is 1. The molecule has 5 rings (SSSR count). The number of aromatic nitrogens is 4. The molecule has 7 heteroatoms. The van der Waals surface area contributed by atoms with Gasteiger partial charge in [0.2, 0.25) is 0 Å². The van der Waals surface area contributed by atoms with Crippen molar-refractivity contribution in [2.45, 2.75) is 0 Å². The summed E-state index contributed by atoms with van der Waals surface area (Å²) in [6.45, 7) is 0. The van der Waals surface area contributed by atoms with E-state index >= 15 is 0 Å². The maximum atomic E-state index is 5.84. The summed E-state index contributed by atoms with van der Waals surface area (Å²) in [5.74, 6) is 1.83. The van der Waals surface area contributed by atoms with Gasteiger partial charge in [-0.1, -0.05) is 48.5 Å². The Labute approximate surface area is 166 Å². The highest BCUT2D eigenvalue weighted by molar-refractivity contribution is 6.03. The Morgan fingerprint density at radius 1 is 0.862 bits per heavy atom. The maximum absolute atomic E-state index is 5.84. The van der Waals surface area contributed by atoms with Crippen molar-refractivity contribution in [3.8, 4) is 11.5 Å². The Balaban J connectivity index is 1.32. The van der Waals surface area contributed by atoms with Gasteiger partial charge in [0.25, 0.3) is 5.95 Å². The first-order valence-corrected chi connectivity index (χ1v) is 9.08. The molecule has 0 bridgehead atoms. The van der Waals surface area contributed by atoms with Crippen molar-refractivity contribution in [3.05, 3.63) is 84.4 Å². The Kier molecular flexibility index (Phi) is 4.31. The van der Waals surface area contributed by atoms with E-state index in [0.717, 1.165) is 33.5 Å². The number of anilines is 1. The standard InChI is InChI=1S/C22H16N6O/c1-2-8-16(9-3-1)29-17-10-6-7-15(13-17)14-23-27-22-25-21-20(26-28-22)18-11-4-5-12-19(18)24-21/h1-14H,(H2,24,25,27,28)/b23-14-. The van der Waals surface area contributed by atoms with Crippen LogP contribution in [0.25, 0.3) is 22.1 Å². The fourth-order valence-corrected chi connectivity index (χ4v) is 3.02. The maximum Gasteiger partial charge on any atom is 0.265 e.